The second-order valence-electron chi connectivity index (χ2n) is 5.59. The number of nitrogens with zero attached hydrogens (tertiary/aromatic N) is 1. The standard InChI is InChI=1S/C14H18N2O2/c1-14(2)7-8-16-11-9(14)5-4-6-10(11)15-12(18-3)13(16)17/h4-6,12,15H,7-8H2,1-3H3. The molecule has 1 aromatic rings. The van der Waals surface area contributed by atoms with Crippen molar-refractivity contribution in [1.29, 1.82) is 0 Å². The highest BCUT2D eigenvalue weighted by molar-refractivity contribution is 6.05. The lowest BCUT2D eigenvalue weighted by molar-refractivity contribution is -0.127. The second kappa shape index (κ2) is 3.72. The van der Waals surface area contributed by atoms with Crippen LogP contribution in [0.2, 0.25) is 0 Å². The minimum Gasteiger partial charge on any atom is -0.353 e. The van der Waals surface area contributed by atoms with E-state index in [1.54, 1.807) is 7.11 Å². The first-order chi connectivity index (χ1) is 8.54. The third-order valence-electron chi connectivity index (χ3n) is 4.01. The van der Waals surface area contributed by atoms with Crippen LogP contribution >= 0.6 is 0 Å². The van der Waals surface area contributed by atoms with Gasteiger partial charge in [0.2, 0.25) is 6.23 Å². The highest BCUT2D eigenvalue weighted by Crippen LogP contribution is 2.45. The van der Waals surface area contributed by atoms with Crippen LogP contribution < -0.4 is 10.2 Å². The van der Waals surface area contributed by atoms with Gasteiger partial charge in [0.05, 0.1) is 11.4 Å². The zero-order valence-electron chi connectivity index (χ0n) is 11.0. The summed E-state index contributed by atoms with van der Waals surface area (Å²) in [5, 5.41) is 3.16. The lowest BCUT2D eigenvalue weighted by Crippen LogP contribution is -2.52. The number of hydrogen-bond acceptors (Lipinski definition) is 3. The summed E-state index contributed by atoms with van der Waals surface area (Å²) in [7, 11) is 1.55. The van der Waals surface area contributed by atoms with Crippen LogP contribution in [-0.4, -0.2) is 25.8 Å². The van der Waals surface area contributed by atoms with Gasteiger partial charge in [0, 0.05) is 13.7 Å². The molecule has 0 spiro atoms. The molecule has 2 aliphatic rings. The van der Waals surface area contributed by atoms with Gasteiger partial charge in [0.15, 0.2) is 0 Å². The Hall–Kier alpha value is -1.55. The predicted octanol–water partition coefficient (Wildman–Crippen LogP) is 2.10. The Bertz CT molecular complexity index is 511. The maximum atomic E-state index is 12.3. The van der Waals surface area contributed by atoms with E-state index in [-0.39, 0.29) is 11.3 Å². The third-order valence-corrected chi connectivity index (χ3v) is 4.01. The van der Waals surface area contributed by atoms with Crippen molar-refractivity contribution in [3.8, 4) is 0 Å². The number of nitrogens with one attached hydrogen (secondary N) is 1. The molecule has 0 fully saturated rings. The molecule has 0 aromatic heterocycles. The van der Waals surface area contributed by atoms with Crippen molar-refractivity contribution in [1.82, 2.24) is 0 Å². The third kappa shape index (κ3) is 1.45. The van der Waals surface area contributed by atoms with E-state index in [2.05, 4.69) is 25.2 Å². The van der Waals surface area contributed by atoms with E-state index in [0.29, 0.717) is 0 Å². The molecular weight excluding hydrogens is 228 g/mol. The molecule has 2 aliphatic heterocycles. The summed E-state index contributed by atoms with van der Waals surface area (Å²) in [6, 6.07) is 6.16. The maximum Gasteiger partial charge on any atom is 0.277 e. The van der Waals surface area contributed by atoms with E-state index in [0.717, 1.165) is 24.3 Å². The monoisotopic (exact) mass is 246 g/mol. The van der Waals surface area contributed by atoms with Crippen LogP contribution in [0.25, 0.3) is 0 Å². The topological polar surface area (TPSA) is 41.6 Å². The van der Waals surface area contributed by atoms with Gasteiger partial charge in [-0.05, 0) is 23.5 Å². The average molecular weight is 246 g/mol. The fraction of sp³-hybridized carbons (Fsp3) is 0.500. The number of rotatable bonds is 1. The molecule has 4 heteroatoms. The van der Waals surface area contributed by atoms with Crippen LogP contribution in [0.3, 0.4) is 0 Å². The Balaban J connectivity index is 2.18. The first kappa shape index (κ1) is 11.5. The van der Waals surface area contributed by atoms with Gasteiger partial charge in [-0.3, -0.25) is 4.79 Å². The van der Waals surface area contributed by atoms with Gasteiger partial charge in [-0.1, -0.05) is 26.0 Å². The van der Waals surface area contributed by atoms with E-state index in [1.165, 1.54) is 5.56 Å². The minimum absolute atomic E-state index is 0.00736. The van der Waals surface area contributed by atoms with Crippen molar-refractivity contribution in [3.05, 3.63) is 23.8 Å². The van der Waals surface area contributed by atoms with Crippen LogP contribution in [0.4, 0.5) is 11.4 Å². The summed E-state index contributed by atoms with van der Waals surface area (Å²) in [6.45, 7) is 5.22. The molecule has 0 saturated heterocycles. The predicted molar refractivity (Wildman–Crippen MR) is 70.9 cm³/mol. The molecule has 0 bridgehead atoms. The van der Waals surface area contributed by atoms with E-state index in [9.17, 15) is 4.79 Å². The van der Waals surface area contributed by atoms with Crippen LogP contribution in [0.5, 0.6) is 0 Å². The first-order valence-corrected chi connectivity index (χ1v) is 6.29. The zero-order chi connectivity index (χ0) is 12.9. The van der Waals surface area contributed by atoms with Crippen molar-refractivity contribution >= 4 is 17.3 Å². The summed E-state index contributed by atoms with van der Waals surface area (Å²) in [6.07, 6.45) is 0.417. The molecule has 0 radical (unpaired) electrons. The first-order valence-electron chi connectivity index (χ1n) is 6.29. The summed E-state index contributed by atoms with van der Waals surface area (Å²) in [5.41, 5.74) is 3.38. The van der Waals surface area contributed by atoms with Gasteiger partial charge in [-0.15, -0.1) is 0 Å². The summed E-state index contributed by atoms with van der Waals surface area (Å²) in [4.78, 5) is 14.1. The van der Waals surface area contributed by atoms with E-state index >= 15 is 0 Å². The number of benzene rings is 1. The summed E-state index contributed by atoms with van der Waals surface area (Å²) < 4.78 is 5.21. The Morgan fingerprint density at radius 2 is 2.22 bits per heavy atom. The van der Waals surface area contributed by atoms with Gasteiger partial charge in [0.25, 0.3) is 5.91 Å². The van der Waals surface area contributed by atoms with Gasteiger partial charge >= 0.3 is 0 Å². The van der Waals surface area contributed by atoms with Crippen LogP contribution in [0.1, 0.15) is 25.8 Å². The lowest BCUT2D eigenvalue weighted by Gasteiger charge is -2.44. The second-order valence-corrected chi connectivity index (χ2v) is 5.59. The largest absolute Gasteiger partial charge is 0.353 e. The number of anilines is 2. The van der Waals surface area contributed by atoms with Gasteiger partial charge in [0.1, 0.15) is 0 Å². The SMILES string of the molecule is COC1Nc2cccc3c2N(CCC3(C)C)C1=O. The van der Waals surface area contributed by atoms with Crippen molar-refractivity contribution in [2.75, 3.05) is 23.9 Å². The minimum atomic E-state index is -0.561. The fourth-order valence-corrected chi connectivity index (χ4v) is 2.86. The molecule has 1 unspecified atom stereocenters. The molecular formula is C14H18N2O2. The molecule has 1 atom stereocenters. The molecule has 96 valence electrons. The number of para-hydroxylation sites is 1. The quantitative estimate of drug-likeness (QED) is 0.825. The molecule has 3 rings (SSSR count). The van der Waals surface area contributed by atoms with Crippen molar-refractivity contribution in [2.45, 2.75) is 31.9 Å². The fourth-order valence-electron chi connectivity index (χ4n) is 2.86. The Morgan fingerprint density at radius 1 is 1.44 bits per heavy atom. The van der Waals surface area contributed by atoms with E-state index in [1.807, 2.05) is 17.0 Å². The van der Waals surface area contributed by atoms with Crippen LogP contribution in [0.15, 0.2) is 18.2 Å². The summed E-state index contributed by atoms with van der Waals surface area (Å²) in [5.74, 6) is 0.00736. The molecule has 1 amide bonds. The van der Waals surface area contributed by atoms with Crippen LogP contribution in [0, 0.1) is 0 Å². The van der Waals surface area contributed by atoms with Gasteiger partial charge in [-0.2, -0.15) is 0 Å². The number of ether oxygens (including phenoxy) is 1. The van der Waals surface area contributed by atoms with Gasteiger partial charge in [-0.25, -0.2) is 0 Å². The molecule has 2 heterocycles. The normalized spacial score (nSPS) is 24.5. The number of carbonyl (C=O) groups excluding carboxylic acids is 1. The van der Waals surface area contributed by atoms with Crippen molar-refractivity contribution in [2.24, 2.45) is 0 Å². The van der Waals surface area contributed by atoms with Crippen LogP contribution in [-0.2, 0) is 14.9 Å². The van der Waals surface area contributed by atoms with E-state index < -0.39 is 6.23 Å². The molecule has 0 saturated carbocycles. The number of carbonyl (C=O) groups is 1. The highest BCUT2D eigenvalue weighted by Gasteiger charge is 2.40. The highest BCUT2D eigenvalue weighted by atomic mass is 16.5. The molecule has 18 heavy (non-hydrogen) atoms. The Morgan fingerprint density at radius 3 is 2.94 bits per heavy atom. The summed E-state index contributed by atoms with van der Waals surface area (Å²) >= 11 is 0. The Labute approximate surface area is 107 Å². The molecule has 1 aromatic carbocycles. The number of methoxy groups -OCH3 is 1. The number of amides is 1. The molecule has 4 nitrogen and oxygen atoms in total. The number of hydrogen-bond donors (Lipinski definition) is 1. The lowest BCUT2D eigenvalue weighted by atomic mass is 9.77. The maximum absolute atomic E-state index is 12.3. The smallest absolute Gasteiger partial charge is 0.277 e. The van der Waals surface area contributed by atoms with Crippen molar-refractivity contribution < 1.29 is 9.53 Å². The Kier molecular flexibility index (Phi) is 2.38. The average Bonchev–Trinajstić information content (AvgIpc) is 2.35. The molecule has 1 N–H and O–H groups in total. The zero-order valence-corrected chi connectivity index (χ0v) is 11.0. The van der Waals surface area contributed by atoms with Gasteiger partial charge < -0.3 is 15.0 Å². The van der Waals surface area contributed by atoms with Crippen molar-refractivity contribution in [3.63, 3.8) is 0 Å². The van der Waals surface area contributed by atoms with E-state index in [4.69, 9.17) is 4.74 Å². The molecule has 0 aliphatic carbocycles.